The average molecular weight is 628 g/mol. The second-order valence-electron chi connectivity index (χ2n) is 11.3. The molecule has 1 atom stereocenters. The SMILES string of the molecule is CCN(CC)CCc1c(C#Cc2cccc3nc([C@H](C)NC(=O)c4c(C)nn5cccnc45)n(-c4ccccc4)c(=O)c23)cnn1C. The van der Waals surface area contributed by atoms with E-state index >= 15 is 0 Å². The Morgan fingerprint density at radius 2 is 1.79 bits per heavy atom. The molecule has 1 N–H and O–H groups in total. The Hall–Kier alpha value is -5.60. The summed E-state index contributed by atoms with van der Waals surface area (Å²) in [7, 11) is 1.93. The Morgan fingerprint density at radius 3 is 2.55 bits per heavy atom. The third-order valence-corrected chi connectivity index (χ3v) is 8.42. The van der Waals surface area contributed by atoms with E-state index in [-0.39, 0.29) is 11.5 Å². The van der Waals surface area contributed by atoms with E-state index in [0.29, 0.717) is 44.9 Å². The molecule has 0 saturated carbocycles. The monoisotopic (exact) mass is 627 g/mol. The zero-order valence-electron chi connectivity index (χ0n) is 27.2. The molecule has 2 aromatic carbocycles. The second kappa shape index (κ2) is 13.4. The van der Waals surface area contributed by atoms with Gasteiger partial charge in [0.2, 0.25) is 0 Å². The van der Waals surface area contributed by atoms with E-state index in [4.69, 9.17) is 4.98 Å². The van der Waals surface area contributed by atoms with Crippen molar-refractivity contribution in [2.45, 2.75) is 40.2 Å². The number of carbonyl (C=O) groups is 1. The van der Waals surface area contributed by atoms with Gasteiger partial charge in [-0.1, -0.05) is 50.0 Å². The van der Waals surface area contributed by atoms with Crippen molar-refractivity contribution in [2.75, 3.05) is 19.6 Å². The van der Waals surface area contributed by atoms with Crippen molar-refractivity contribution in [1.29, 1.82) is 0 Å². The van der Waals surface area contributed by atoms with Crippen LogP contribution in [0.5, 0.6) is 0 Å². The highest BCUT2D eigenvalue weighted by molar-refractivity contribution is 6.01. The highest BCUT2D eigenvalue weighted by Crippen LogP contribution is 2.22. The third-order valence-electron chi connectivity index (χ3n) is 8.42. The predicted octanol–water partition coefficient (Wildman–Crippen LogP) is 4.25. The van der Waals surface area contributed by atoms with Crippen molar-refractivity contribution in [2.24, 2.45) is 7.05 Å². The van der Waals surface area contributed by atoms with Crippen LogP contribution < -0.4 is 10.9 Å². The number of nitrogens with zero attached hydrogens (tertiary/aromatic N) is 8. The lowest BCUT2D eigenvalue weighted by atomic mass is 10.1. The van der Waals surface area contributed by atoms with Crippen molar-refractivity contribution < 1.29 is 4.79 Å². The summed E-state index contributed by atoms with van der Waals surface area (Å²) < 4.78 is 5.00. The van der Waals surface area contributed by atoms with E-state index in [1.807, 2.05) is 61.1 Å². The number of hydrogen-bond donors (Lipinski definition) is 1. The molecule has 6 aromatic rings. The smallest absolute Gasteiger partial charge is 0.267 e. The molecule has 0 fully saturated rings. The quantitative estimate of drug-likeness (QED) is 0.239. The van der Waals surface area contributed by atoms with E-state index in [0.717, 1.165) is 37.3 Å². The lowest BCUT2D eigenvalue weighted by Gasteiger charge is -2.20. The third kappa shape index (κ3) is 6.15. The van der Waals surface area contributed by atoms with Crippen LogP contribution in [0, 0.1) is 18.8 Å². The molecular weight excluding hydrogens is 590 g/mol. The summed E-state index contributed by atoms with van der Waals surface area (Å²) in [6, 6.07) is 15.9. The van der Waals surface area contributed by atoms with Gasteiger partial charge in [-0.25, -0.2) is 14.5 Å². The molecule has 47 heavy (non-hydrogen) atoms. The van der Waals surface area contributed by atoms with Gasteiger partial charge in [0.05, 0.1) is 45.8 Å². The summed E-state index contributed by atoms with van der Waals surface area (Å²) in [5.74, 6) is 6.58. The van der Waals surface area contributed by atoms with Crippen LogP contribution in [0.15, 0.2) is 78.0 Å². The molecule has 0 saturated heterocycles. The number of fused-ring (bicyclic) bond motifs is 2. The molecule has 11 nitrogen and oxygen atoms in total. The molecule has 238 valence electrons. The first-order valence-corrected chi connectivity index (χ1v) is 15.8. The fourth-order valence-electron chi connectivity index (χ4n) is 5.87. The minimum Gasteiger partial charge on any atom is -0.342 e. The van der Waals surface area contributed by atoms with Crippen LogP contribution in [0.3, 0.4) is 0 Å². The average Bonchev–Trinajstić information content (AvgIpc) is 3.61. The highest BCUT2D eigenvalue weighted by Gasteiger charge is 2.24. The summed E-state index contributed by atoms with van der Waals surface area (Å²) >= 11 is 0. The van der Waals surface area contributed by atoms with Crippen molar-refractivity contribution in [3.63, 3.8) is 0 Å². The van der Waals surface area contributed by atoms with Gasteiger partial charge in [0.15, 0.2) is 5.65 Å². The first-order valence-electron chi connectivity index (χ1n) is 15.8. The van der Waals surface area contributed by atoms with E-state index in [2.05, 4.69) is 51.1 Å². The van der Waals surface area contributed by atoms with Gasteiger partial charge in [0.1, 0.15) is 11.4 Å². The van der Waals surface area contributed by atoms with Crippen LogP contribution in [0.1, 0.15) is 65.5 Å². The van der Waals surface area contributed by atoms with E-state index in [9.17, 15) is 9.59 Å². The van der Waals surface area contributed by atoms with Crippen molar-refractivity contribution in [3.8, 4) is 17.5 Å². The topological polar surface area (TPSA) is 115 Å². The first kappa shape index (κ1) is 31.4. The van der Waals surface area contributed by atoms with Gasteiger partial charge in [0.25, 0.3) is 11.5 Å². The summed E-state index contributed by atoms with van der Waals surface area (Å²) in [5.41, 5.74) is 4.67. The molecule has 0 spiro atoms. The van der Waals surface area contributed by atoms with Crippen molar-refractivity contribution >= 4 is 22.5 Å². The molecule has 6 rings (SSSR count). The van der Waals surface area contributed by atoms with Crippen LogP contribution in [-0.4, -0.2) is 64.4 Å². The Labute approximate surface area is 272 Å². The fourth-order valence-corrected chi connectivity index (χ4v) is 5.87. The van der Waals surface area contributed by atoms with Gasteiger partial charge in [0, 0.05) is 38.0 Å². The zero-order valence-corrected chi connectivity index (χ0v) is 27.2. The molecular formula is C36H37N9O2. The van der Waals surface area contributed by atoms with Crippen LogP contribution in [0.4, 0.5) is 0 Å². The number of rotatable bonds is 9. The van der Waals surface area contributed by atoms with E-state index in [1.54, 1.807) is 46.7 Å². The number of amides is 1. The minimum atomic E-state index is -0.642. The molecule has 0 radical (unpaired) electrons. The van der Waals surface area contributed by atoms with Crippen LogP contribution in [-0.2, 0) is 13.5 Å². The number of likely N-dealkylation sites (N-methyl/N-ethyl adjacent to an activating group) is 1. The molecule has 0 aliphatic heterocycles. The fraction of sp³-hybridized carbons (Fsp3) is 0.278. The van der Waals surface area contributed by atoms with Gasteiger partial charge in [-0.15, -0.1) is 0 Å². The summed E-state index contributed by atoms with van der Waals surface area (Å²) in [5, 5.41) is 12.3. The molecule has 0 bridgehead atoms. The normalized spacial score (nSPS) is 12.0. The summed E-state index contributed by atoms with van der Waals surface area (Å²) in [4.78, 5) is 39.7. The molecule has 0 unspecified atom stereocenters. The van der Waals surface area contributed by atoms with Gasteiger partial charge < -0.3 is 10.2 Å². The number of hydrogen-bond acceptors (Lipinski definition) is 7. The van der Waals surface area contributed by atoms with Crippen molar-refractivity contribution in [1.82, 2.24) is 44.1 Å². The molecule has 0 aliphatic carbocycles. The maximum absolute atomic E-state index is 14.4. The van der Waals surface area contributed by atoms with E-state index in [1.165, 1.54) is 0 Å². The van der Waals surface area contributed by atoms with Gasteiger partial charge >= 0.3 is 0 Å². The predicted molar refractivity (Wildman–Crippen MR) is 182 cm³/mol. The Bertz CT molecular complexity index is 2200. The molecule has 4 aromatic heterocycles. The largest absolute Gasteiger partial charge is 0.342 e. The Kier molecular flexibility index (Phi) is 8.95. The maximum Gasteiger partial charge on any atom is 0.267 e. The molecule has 11 heteroatoms. The number of benzene rings is 2. The first-order chi connectivity index (χ1) is 22.8. The Balaban J connectivity index is 1.42. The summed E-state index contributed by atoms with van der Waals surface area (Å²) in [6.45, 7) is 10.8. The zero-order chi connectivity index (χ0) is 33.1. The van der Waals surface area contributed by atoms with Crippen LogP contribution in [0.2, 0.25) is 0 Å². The van der Waals surface area contributed by atoms with Gasteiger partial charge in [-0.05, 0) is 57.3 Å². The number of carbonyl (C=O) groups excluding carboxylic acids is 1. The van der Waals surface area contributed by atoms with Gasteiger partial charge in [-0.2, -0.15) is 10.2 Å². The maximum atomic E-state index is 14.4. The van der Waals surface area contributed by atoms with Crippen LogP contribution >= 0.6 is 0 Å². The highest BCUT2D eigenvalue weighted by atomic mass is 16.2. The minimum absolute atomic E-state index is 0.274. The Morgan fingerprint density at radius 1 is 1.02 bits per heavy atom. The van der Waals surface area contributed by atoms with Crippen molar-refractivity contribution in [3.05, 3.63) is 117 Å². The molecule has 0 aliphatic rings. The van der Waals surface area contributed by atoms with Gasteiger partial charge in [-0.3, -0.25) is 18.8 Å². The number of aromatic nitrogens is 7. The molecule has 1 amide bonds. The summed E-state index contributed by atoms with van der Waals surface area (Å²) in [6.07, 6.45) is 5.96. The molecule has 4 heterocycles. The number of para-hydroxylation sites is 1. The number of aryl methyl sites for hydroxylation is 2. The number of nitrogens with one attached hydrogen (secondary N) is 1. The van der Waals surface area contributed by atoms with E-state index < -0.39 is 6.04 Å². The lowest BCUT2D eigenvalue weighted by molar-refractivity contribution is 0.0938. The van der Waals surface area contributed by atoms with Crippen LogP contribution in [0.25, 0.3) is 22.2 Å². The lowest BCUT2D eigenvalue weighted by Crippen LogP contribution is -2.33. The standard InChI is InChI=1S/C36H37N9O2/c1-6-43(7-2)22-19-30-27(23-38-42(30)5)18-17-26-13-11-16-29-32(26)36(47)45(28-14-9-8-10-15-28)33(40-29)25(4)39-35(46)31-24(3)41-44-21-12-20-37-34(31)44/h8-16,20-21,23,25H,6-7,19,22H2,1-5H3,(H,39,46)/t25-/m0/s1. The second-order valence-corrected chi connectivity index (χ2v) is 11.3.